The summed E-state index contributed by atoms with van der Waals surface area (Å²) in [7, 11) is 2.05. The molecule has 5 heteroatoms. The van der Waals surface area contributed by atoms with Gasteiger partial charge in [-0.05, 0) is 37.6 Å². The van der Waals surface area contributed by atoms with Crippen molar-refractivity contribution in [1.29, 1.82) is 0 Å². The van der Waals surface area contributed by atoms with E-state index in [0.717, 1.165) is 31.5 Å². The summed E-state index contributed by atoms with van der Waals surface area (Å²) in [5, 5.41) is 3.03. The van der Waals surface area contributed by atoms with Crippen LogP contribution in [0.5, 0.6) is 0 Å². The van der Waals surface area contributed by atoms with E-state index in [1.165, 1.54) is 12.1 Å². The standard InChI is InChI=1S/C15H20FN3O/c1-18-8-9-19(15(20)17-13-6-7-13)10-14(18)11-2-4-12(16)5-3-11/h2-5,13-14H,6-10H2,1H3,(H,17,20). The van der Waals surface area contributed by atoms with Crippen molar-refractivity contribution < 1.29 is 9.18 Å². The van der Waals surface area contributed by atoms with Crippen LogP contribution < -0.4 is 5.32 Å². The fourth-order valence-corrected chi connectivity index (χ4v) is 2.60. The van der Waals surface area contributed by atoms with Gasteiger partial charge in [0.25, 0.3) is 0 Å². The van der Waals surface area contributed by atoms with Crippen LogP contribution in [0.25, 0.3) is 0 Å². The summed E-state index contributed by atoms with van der Waals surface area (Å²) in [6, 6.07) is 7.12. The molecule has 2 amide bonds. The van der Waals surface area contributed by atoms with Crippen LogP contribution in [0.4, 0.5) is 9.18 Å². The number of piperazine rings is 1. The van der Waals surface area contributed by atoms with E-state index in [1.807, 2.05) is 11.9 Å². The van der Waals surface area contributed by atoms with Crippen LogP contribution >= 0.6 is 0 Å². The number of hydrogen-bond acceptors (Lipinski definition) is 2. The lowest BCUT2D eigenvalue weighted by atomic mass is 10.0. The predicted octanol–water partition coefficient (Wildman–Crippen LogP) is 1.99. The van der Waals surface area contributed by atoms with E-state index in [9.17, 15) is 9.18 Å². The second-order valence-electron chi connectivity index (χ2n) is 5.72. The Hall–Kier alpha value is -1.62. The largest absolute Gasteiger partial charge is 0.335 e. The Bertz CT molecular complexity index is 486. The molecule has 4 nitrogen and oxygen atoms in total. The number of carbonyl (C=O) groups is 1. The van der Waals surface area contributed by atoms with Crippen LogP contribution in [0.2, 0.25) is 0 Å². The summed E-state index contributed by atoms with van der Waals surface area (Å²) in [5.41, 5.74) is 1.05. The molecular weight excluding hydrogens is 257 g/mol. The number of carbonyl (C=O) groups excluding carboxylic acids is 1. The van der Waals surface area contributed by atoms with E-state index < -0.39 is 0 Å². The van der Waals surface area contributed by atoms with Gasteiger partial charge >= 0.3 is 6.03 Å². The normalized spacial score (nSPS) is 23.7. The molecule has 20 heavy (non-hydrogen) atoms. The highest BCUT2D eigenvalue weighted by molar-refractivity contribution is 5.75. The van der Waals surface area contributed by atoms with E-state index in [-0.39, 0.29) is 17.9 Å². The summed E-state index contributed by atoms with van der Waals surface area (Å²) in [6.45, 7) is 2.23. The summed E-state index contributed by atoms with van der Waals surface area (Å²) < 4.78 is 13.0. The van der Waals surface area contributed by atoms with Gasteiger partial charge in [-0.2, -0.15) is 0 Å². The van der Waals surface area contributed by atoms with E-state index >= 15 is 0 Å². The highest BCUT2D eigenvalue weighted by Crippen LogP contribution is 2.25. The van der Waals surface area contributed by atoms with Gasteiger partial charge in [0.1, 0.15) is 5.82 Å². The van der Waals surface area contributed by atoms with E-state index in [2.05, 4.69) is 10.2 Å². The van der Waals surface area contributed by atoms with E-state index in [4.69, 9.17) is 0 Å². The van der Waals surface area contributed by atoms with Crippen LogP contribution in [0.3, 0.4) is 0 Å². The van der Waals surface area contributed by atoms with Crippen LogP contribution in [-0.2, 0) is 0 Å². The Kier molecular flexibility index (Phi) is 3.61. The molecule has 1 aliphatic carbocycles. The first-order valence-electron chi connectivity index (χ1n) is 7.14. The molecule has 2 aliphatic rings. The number of benzene rings is 1. The van der Waals surface area contributed by atoms with E-state index in [0.29, 0.717) is 12.6 Å². The Morgan fingerprint density at radius 2 is 1.95 bits per heavy atom. The zero-order chi connectivity index (χ0) is 14.1. The van der Waals surface area contributed by atoms with Gasteiger partial charge in [-0.3, -0.25) is 4.90 Å². The SMILES string of the molecule is CN1CCN(C(=O)NC2CC2)CC1c1ccc(F)cc1. The smallest absolute Gasteiger partial charge is 0.317 e. The Morgan fingerprint density at radius 3 is 2.60 bits per heavy atom. The molecule has 0 bridgehead atoms. The van der Waals surface area contributed by atoms with Crippen molar-refractivity contribution in [2.75, 3.05) is 26.7 Å². The van der Waals surface area contributed by atoms with Gasteiger partial charge in [0, 0.05) is 25.7 Å². The highest BCUT2D eigenvalue weighted by atomic mass is 19.1. The zero-order valence-electron chi connectivity index (χ0n) is 11.7. The molecule has 1 aromatic carbocycles. The van der Waals surface area contributed by atoms with Gasteiger partial charge in [0.05, 0.1) is 6.04 Å². The third kappa shape index (κ3) is 2.93. The fourth-order valence-electron chi connectivity index (χ4n) is 2.60. The number of urea groups is 1. The first-order valence-corrected chi connectivity index (χ1v) is 7.14. The molecule has 0 aromatic heterocycles. The Morgan fingerprint density at radius 1 is 1.25 bits per heavy atom. The number of hydrogen-bond donors (Lipinski definition) is 1. The molecule has 1 N–H and O–H groups in total. The molecule has 1 saturated heterocycles. The molecule has 0 spiro atoms. The zero-order valence-corrected chi connectivity index (χ0v) is 11.7. The van der Waals surface area contributed by atoms with Gasteiger partial charge in [-0.25, -0.2) is 9.18 Å². The first kappa shape index (κ1) is 13.4. The van der Waals surface area contributed by atoms with Crippen LogP contribution in [-0.4, -0.2) is 48.6 Å². The monoisotopic (exact) mass is 277 g/mol. The lowest BCUT2D eigenvalue weighted by molar-refractivity contribution is 0.110. The minimum Gasteiger partial charge on any atom is -0.335 e. The van der Waals surface area contributed by atoms with E-state index in [1.54, 1.807) is 12.1 Å². The van der Waals surface area contributed by atoms with Crippen molar-refractivity contribution in [3.63, 3.8) is 0 Å². The third-order valence-electron chi connectivity index (χ3n) is 4.09. The number of halogens is 1. The molecular formula is C15H20FN3O. The lowest BCUT2D eigenvalue weighted by Crippen LogP contribution is -2.52. The molecule has 0 radical (unpaired) electrons. The molecule has 1 unspecified atom stereocenters. The second kappa shape index (κ2) is 5.40. The van der Waals surface area contributed by atoms with Gasteiger partial charge in [-0.1, -0.05) is 12.1 Å². The van der Waals surface area contributed by atoms with Crippen molar-refractivity contribution in [3.8, 4) is 0 Å². The van der Waals surface area contributed by atoms with Gasteiger partial charge in [0.2, 0.25) is 0 Å². The topological polar surface area (TPSA) is 35.6 Å². The number of likely N-dealkylation sites (N-methyl/N-ethyl adjacent to an activating group) is 1. The summed E-state index contributed by atoms with van der Waals surface area (Å²) in [4.78, 5) is 16.2. The summed E-state index contributed by atoms with van der Waals surface area (Å²) >= 11 is 0. The average Bonchev–Trinajstić information content (AvgIpc) is 3.24. The molecule has 1 heterocycles. The lowest BCUT2D eigenvalue weighted by Gasteiger charge is -2.39. The molecule has 108 valence electrons. The average molecular weight is 277 g/mol. The number of nitrogens with zero attached hydrogens (tertiary/aromatic N) is 2. The molecule has 1 saturated carbocycles. The molecule has 2 fully saturated rings. The van der Waals surface area contributed by atoms with Crippen LogP contribution in [0, 0.1) is 5.82 Å². The van der Waals surface area contributed by atoms with Gasteiger partial charge < -0.3 is 10.2 Å². The number of rotatable bonds is 2. The number of amides is 2. The van der Waals surface area contributed by atoms with Crippen molar-refractivity contribution in [3.05, 3.63) is 35.6 Å². The van der Waals surface area contributed by atoms with Crippen molar-refractivity contribution in [1.82, 2.24) is 15.1 Å². The first-order chi connectivity index (χ1) is 9.63. The minimum absolute atomic E-state index is 0.0349. The van der Waals surface area contributed by atoms with Crippen molar-refractivity contribution in [2.24, 2.45) is 0 Å². The summed E-state index contributed by atoms with van der Waals surface area (Å²) in [6.07, 6.45) is 2.20. The second-order valence-corrected chi connectivity index (χ2v) is 5.72. The van der Waals surface area contributed by atoms with Crippen LogP contribution in [0.15, 0.2) is 24.3 Å². The Labute approximate surface area is 118 Å². The third-order valence-corrected chi connectivity index (χ3v) is 4.09. The molecule has 1 aliphatic heterocycles. The Balaban J connectivity index is 1.69. The van der Waals surface area contributed by atoms with Gasteiger partial charge in [0.15, 0.2) is 0 Å². The number of nitrogens with one attached hydrogen (secondary N) is 1. The quantitative estimate of drug-likeness (QED) is 0.897. The fraction of sp³-hybridized carbons (Fsp3) is 0.533. The van der Waals surface area contributed by atoms with Crippen molar-refractivity contribution in [2.45, 2.75) is 24.9 Å². The molecule has 1 aromatic rings. The maximum atomic E-state index is 13.0. The minimum atomic E-state index is -0.226. The maximum Gasteiger partial charge on any atom is 0.317 e. The van der Waals surface area contributed by atoms with Gasteiger partial charge in [-0.15, -0.1) is 0 Å². The molecule has 3 rings (SSSR count). The molecule has 1 atom stereocenters. The predicted molar refractivity (Wildman–Crippen MR) is 74.9 cm³/mol. The maximum absolute atomic E-state index is 13.0. The highest BCUT2D eigenvalue weighted by Gasteiger charge is 2.31. The summed E-state index contributed by atoms with van der Waals surface area (Å²) in [5.74, 6) is -0.226. The van der Waals surface area contributed by atoms with Crippen molar-refractivity contribution >= 4 is 6.03 Å². The van der Waals surface area contributed by atoms with Crippen LogP contribution in [0.1, 0.15) is 24.4 Å².